The molecular formula is C24H15ClO4. The van der Waals surface area contributed by atoms with E-state index in [0.717, 1.165) is 28.7 Å². The van der Waals surface area contributed by atoms with Crippen LogP contribution in [0, 0.1) is 0 Å². The van der Waals surface area contributed by atoms with Gasteiger partial charge in [-0.25, -0.2) is 0 Å². The molecule has 0 fully saturated rings. The lowest BCUT2D eigenvalue weighted by Gasteiger charge is -2.11. The summed E-state index contributed by atoms with van der Waals surface area (Å²) in [6.45, 7) is 0. The van der Waals surface area contributed by atoms with E-state index in [4.69, 9.17) is 20.8 Å². The number of furan rings is 1. The number of hydrogen-bond acceptors (Lipinski definition) is 4. The molecule has 0 bridgehead atoms. The van der Waals surface area contributed by atoms with Gasteiger partial charge in [0.05, 0.1) is 6.26 Å². The smallest absolute Gasteiger partial charge is 0.228 e. The van der Waals surface area contributed by atoms with Gasteiger partial charge in [-0.05, 0) is 66.1 Å². The molecule has 0 unspecified atom stereocenters. The van der Waals surface area contributed by atoms with Crippen molar-refractivity contribution in [2.75, 3.05) is 0 Å². The van der Waals surface area contributed by atoms with Gasteiger partial charge in [0.1, 0.15) is 17.1 Å². The van der Waals surface area contributed by atoms with Gasteiger partial charge in [0.25, 0.3) is 0 Å². The maximum atomic E-state index is 13.3. The van der Waals surface area contributed by atoms with Crippen molar-refractivity contribution < 1.29 is 19.1 Å². The maximum Gasteiger partial charge on any atom is 0.228 e. The van der Waals surface area contributed by atoms with Crippen LogP contribution < -0.4 is 4.74 Å². The Kier molecular flexibility index (Phi) is 4.14. The molecule has 1 N–H and O–H groups in total. The number of hydrogen-bond donors (Lipinski definition) is 1. The van der Waals surface area contributed by atoms with Crippen LogP contribution >= 0.6 is 11.6 Å². The number of allylic oxidation sites excluding steroid dienone is 1. The van der Waals surface area contributed by atoms with Gasteiger partial charge in [0, 0.05) is 27.6 Å². The van der Waals surface area contributed by atoms with Gasteiger partial charge in [-0.15, -0.1) is 0 Å². The zero-order chi connectivity index (χ0) is 20.0. The molecule has 5 heteroatoms. The van der Waals surface area contributed by atoms with E-state index in [1.54, 1.807) is 54.8 Å². The summed E-state index contributed by atoms with van der Waals surface area (Å²) >= 11 is 5.96. The predicted octanol–water partition coefficient (Wildman–Crippen LogP) is 6.14. The third-order valence-electron chi connectivity index (χ3n) is 4.97. The van der Waals surface area contributed by atoms with Crippen LogP contribution in [0.3, 0.4) is 0 Å². The highest BCUT2D eigenvalue weighted by molar-refractivity contribution is 6.30. The second-order valence-electron chi connectivity index (χ2n) is 6.84. The first-order valence-electron chi connectivity index (χ1n) is 9.11. The van der Waals surface area contributed by atoms with Crippen LogP contribution in [0.4, 0.5) is 0 Å². The lowest BCUT2D eigenvalue weighted by atomic mass is 9.96. The van der Waals surface area contributed by atoms with Gasteiger partial charge < -0.3 is 14.3 Å². The molecule has 1 aliphatic heterocycles. The number of fused-ring (bicyclic) bond motifs is 2. The van der Waals surface area contributed by atoms with E-state index in [2.05, 4.69) is 0 Å². The first kappa shape index (κ1) is 17.6. The van der Waals surface area contributed by atoms with E-state index in [1.807, 2.05) is 18.2 Å². The molecule has 4 aromatic rings. The molecule has 0 radical (unpaired) electrons. The lowest BCUT2D eigenvalue weighted by molar-refractivity contribution is 0.101. The number of halogens is 1. The van der Waals surface area contributed by atoms with Crippen molar-refractivity contribution in [1.29, 1.82) is 0 Å². The number of ether oxygens (including phenoxy) is 1. The number of rotatable bonds is 3. The maximum absolute atomic E-state index is 13.3. The third-order valence-corrected chi connectivity index (χ3v) is 5.22. The number of carbonyl (C=O) groups is 1. The standard InChI is InChI=1S/C24H15ClO4/c25-17-7-3-15(4-8-17)23(27)24-22(14-5-9-18(26)10-6-14)19-12-16-2-1-11-28-20(16)13-21(19)29-24/h1,3-13,26H,2H2. The number of aromatic hydroxyl groups is 1. The van der Waals surface area contributed by atoms with Crippen LogP contribution in [0.15, 0.2) is 77.4 Å². The Morgan fingerprint density at radius 3 is 2.52 bits per heavy atom. The van der Waals surface area contributed by atoms with Crippen LogP contribution in [0.25, 0.3) is 22.1 Å². The van der Waals surface area contributed by atoms with Crippen LogP contribution in [0.2, 0.25) is 5.02 Å². The fraction of sp³-hybridized carbons (Fsp3) is 0.0417. The van der Waals surface area contributed by atoms with Crippen LogP contribution in [0.1, 0.15) is 21.7 Å². The fourth-order valence-electron chi connectivity index (χ4n) is 3.54. The van der Waals surface area contributed by atoms with Gasteiger partial charge in [0.15, 0.2) is 5.76 Å². The SMILES string of the molecule is O=C(c1ccc(Cl)cc1)c1oc2cc3c(cc2c1-c1ccc(O)cc1)CC=CO3. The molecule has 1 aromatic heterocycles. The Morgan fingerprint density at radius 1 is 1.00 bits per heavy atom. The highest BCUT2D eigenvalue weighted by Gasteiger charge is 2.25. The van der Waals surface area contributed by atoms with Crippen LogP contribution in [-0.4, -0.2) is 10.9 Å². The molecule has 5 rings (SSSR count). The average molecular weight is 403 g/mol. The topological polar surface area (TPSA) is 59.7 Å². The molecule has 0 amide bonds. The number of phenolic OH excluding ortho intramolecular Hbond substituents is 1. The summed E-state index contributed by atoms with van der Waals surface area (Å²) < 4.78 is 11.6. The first-order valence-corrected chi connectivity index (χ1v) is 9.49. The quantitative estimate of drug-likeness (QED) is 0.418. The molecule has 3 aromatic carbocycles. The molecule has 1 aliphatic rings. The summed E-state index contributed by atoms with van der Waals surface area (Å²) in [5, 5.41) is 11.1. The molecule has 0 aliphatic carbocycles. The van der Waals surface area contributed by atoms with E-state index in [1.165, 1.54) is 0 Å². The van der Waals surface area contributed by atoms with Crippen molar-refractivity contribution in [1.82, 2.24) is 0 Å². The van der Waals surface area contributed by atoms with E-state index in [9.17, 15) is 9.90 Å². The summed E-state index contributed by atoms with van der Waals surface area (Å²) in [7, 11) is 0. The number of carbonyl (C=O) groups excluding carboxylic acids is 1. The normalized spacial score (nSPS) is 12.6. The predicted molar refractivity (Wildman–Crippen MR) is 112 cm³/mol. The van der Waals surface area contributed by atoms with Crippen molar-refractivity contribution in [3.8, 4) is 22.6 Å². The summed E-state index contributed by atoms with van der Waals surface area (Å²) in [4.78, 5) is 13.3. The number of benzene rings is 3. The molecule has 0 saturated heterocycles. The summed E-state index contributed by atoms with van der Waals surface area (Å²) in [6, 6.07) is 17.3. The monoisotopic (exact) mass is 402 g/mol. The van der Waals surface area contributed by atoms with E-state index < -0.39 is 0 Å². The molecular weight excluding hydrogens is 388 g/mol. The Hall–Kier alpha value is -3.50. The summed E-state index contributed by atoms with van der Waals surface area (Å²) in [5.41, 5.74) is 3.55. The van der Waals surface area contributed by atoms with E-state index in [-0.39, 0.29) is 17.3 Å². The Labute approximate surface area is 171 Å². The van der Waals surface area contributed by atoms with E-state index in [0.29, 0.717) is 21.7 Å². The minimum atomic E-state index is -0.238. The van der Waals surface area contributed by atoms with Crippen molar-refractivity contribution >= 4 is 28.4 Å². The number of phenols is 1. The highest BCUT2D eigenvalue weighted by atomic mass is 35.5. The largest absolute Gasteiger partial charge is 0.508 e. The van der Waals surface area contributed by atoms with Crippen molar-refractivity contribution in [2.24, 2.45) is 0 Å². The minimum absolute atomic E-state index is 0.156. The number of ketones is 1. The Balaban J connectivity index is 1.75. The fourth-order valence-corrected chi connectivity index (χ4v) is 3.67. The lowest BCUT2D eigenvalue weighted by Crippen LogP contribution is -2.01. The van der Waals surface area contributed by atoms with Gasteiger partial charge >= 0.3 is 0 Å². The second kappa shape index (κ2) is 6.83. The Morgan fingerprint density at radius 2 is 1.76 bits per heavy atom. The van der Waals surface area contributed by atoms with Gasteiger partial charge in [-0.3, -0.25) is 4.79 Å². The molecule has 4 nitrogen and oxygen atoms in total. The van der Waals surface area contributed by atoms with Gasteiger partial charge in [-0.2, -0.15) is 0 Å². The van der Waals surface area contributed by atoms with Crippen molar-refractivity contribution in [3.05, 3.63) is 94.9 Å². The summed E-state index contributed by atoms with van der Waals surface area (Å²) in [6.07, 6.45) is 4.33. The summed E-state index contributed by atoms with van der Waals surface area (Å²) in [5.74, 6) is 0.876. The van der Waals surface area contributed by atoms with Crippen molar-refractivity contribution in [3.63, 3.8) is 0 Å². The van der Waals surface area contributed by atoms with Gasteiger partial charge in [-0.1, -0.05) is 23.7 Å². The molecule has 0 saturated carbocycles. The zero-order valence-corrected chi connectivity index (χ0v) is 15.9. The van der Waals surface area contributed by atoms with Crippen LogP contribution in [-0.2, 0) is 6.42 Å². The van der Waals surface area contributed by atoms with Gasteiger partial charge in [0.2, 0.25) is 5.78 Å². The average Bonchev–Trinajstić information content (AvgIpc) is 3.11. The van der Waals surface area contributed by atoms with Crippen molar-refractivity contribution in [2.45, 2.75) is 6.42 Å². The highest BCUT2D eigenvalue weighted by Crippen LogP contribution is 2.40. The van der Waals surface area contributed by atoms with Crippen LogP contribution in [0.5, 0.6) is 11.5 Å². The molecule has 29 heavy (non-hydrogen) atoms. The first-order chi connectivity index (χ1) is 14.1. The van der Waals surface area contributed by atoms with E-state index >= 15 is 0 Å². The third kappa shape index (κ3) is 3.08. The zero-order valence-electron chi connectivity index (χ0n) is 15.2. The molecule has 0 spiro atoms. The molecule has 2 heterocycles. The second-order valence-corrected chi connectivity index (χ2v) is 7.28. The minimum Gasteiger partial charge on any atom is -0.508 e. The molecule has 0 atom stereocenters. The molecule has 142 valence electrons. The Bertz CT molecular complexity index is 1270.